The second-order valence-electron chi connectivity index (χ2n) is 4.66. The van der Waals surface area contributed by atoms with Gasteiger partial charge in [-0.2, -0.15) is 0 Å². The Bertz CT molecular complexity index is 528. The summed E-state index contributed by atoms with van der Waals surface area (Å²) >= 11 is 1.58. The van der Waals surface area contributed by atoms with Gasteiger partial charge in [0.15, 0.2) is 0 Å². The summed E-state index contributed by atoms with van der Waals surface area (Å²) in [6, 6.07) is 9.73. The summed E-state index contributed by atoms with van der Waals surface area (Å²) in [7, 11) is 3.41. The molecule has 2 aromatic rings. The summed E-state index contributed by atoms with van der Waals surface area (Å²) in [6.07, 6.45) is 0. The Morgan fingerprint density at radius 1 is 1.40 bits per heavy atom. The minimum Gasteiger partial charge on any atom is -0.469 e. The molecule has 0 saturated heterocycles. The number of nitrogens with zero attached hydrogens (tertiary/aromatic N) is 2. The molecule has 0 saturated carbocycles. The maximum absolute atomic E-state index is 12.0. The molecule has 1 aromatic carbocycles. The topological polar surface area (TPSA) is 42.4 Å². The number of esters is 1. The zero-order chi connectivity index (χ0) is 14.4. The lowest BCUT2D eigenvalue weighted by atomic mass is 9.99. The van der Waals surface area contributed by atoms with Crippen LogP contribution < -0.4 is 0 Å². The highest BCUT2D eigenvalue weighted by molar-refractivity contribution is 7.07. The largest absolute Gasteiger partial charge is 0.469 e. The smallest absolute Gasteiger partial charge is 0.314 e. The van der Waals surface area contributed by atoms with Crippen molar-refractivity contribution in [3.63, 3.8) is 0 Å². The molecule has 0 fully saturated rings. The zero-order valence-corrected chi connectivity index (χ0v) is 12.5. The van der Waals surface area contributed by atoms with Crippen LogP contribution >= 0.6 is 11.3 Å². The fourth-order valence-electron chi connectivity index (χ4n) is 2.11. The maximum Gasteiger partial charge on any atom is 0.314 e. The summed E-state index contributed by atoms with van der Waals surface area (Å²) in [5, 5.41) is 2.02. The molecule has 0 aliphatic heterocycles. The van der Waals surface area contributed by atoms with Gasteiger partial charge in [0.25, 0.3) is 0 Å². The van der Waals surface area contributed by atoms with E-state index in [-0.39, 0.29) is 11.9 Å². The van der Waals surface area contributed by atoms with Gasteiger partial charge in [-0.1, -0.05) is 30.3 Å². The third-order valence-electron chi connectivity index (χ3n) is 3.10. The number of carbonyl (C=O) groups excluding carboxylic acids is 1. The number of methoxy groups -OCH3 is 1. The van der Waals surface area contributed by atoms with E-state index in [4.69, 9.17) is 4.74 Å². The standard InChI is InChI=1S/C15H18N2O2S/c1-17(8-13-10-20-11-16-13)9-14(15(18)19-2)12-6-4-3-5-7-12/h3-7,10-11,14H,8-9H2,1-2H3. The molecular weight excluding hydrogens is 272 g/mol. The molecule has 106 valence electrons. The van der Waals surface area contributed by atoms with E-state index in [0.29, 0.717) is 6.54 Å². The first-order valence-corrected chi connectivity index (χ1v) is 7.33. The first-order valence-electron chi connectivity index (χ1n) is 6.39. The fraction of sp³-hybridized carbons (Fsp3) is 0.333. The number of likely N-dealkylation sites (N-methyl/N-ethyl adjacent to an activating group) is 1. The first-order chi connectivity index (χ1) is 9.70. The maximum atomic E-state index is 12.0. The van der Waals surface area contributed by atoms with Crippen LogP contribution in [0.4, 0.5) is 0 Å². The van der Waals surface area contributed by atoms with Crippen molar-refractivity contribution in [2.75, 3.05) is 20.7 Å². The Kier molecular flexibility index (Phi) is 5.26. The van der Waals surface area contributed by atoms with Crippen LogP contribution in [0.1, 0.15) is 17.2 Å². The Labute approximate surface area is 123 Å². The van der Waals surface area contributed by atoms with Crippen molar-refractivity contribution in [1.82, 2.24) is 9.88 Å². The van der Waals surface area contributed by atoms with Gasteiger partial charge >= 0.3 is 5.97 Å². The summed E-state index contributed by atoms with van der Waals surface area (Å²) in [5.41, 5.74) is 3.82. The molecule has 5 heteroatoms. The molecule has 2 rings (SSSR count). The molecule has 0 amide bonds. The van der Waals surface area contributed by atoms with E-state index in [2.05, 4.69) is 9.88 Å². The van der Waals surface area contributed by atoms with Gasteiger partial charge in [0.1, 0.15) is 0 Å². The molecule has 0 aliphatic rings. The molecule has 0 aliphatic carbocycles. The Balaban J connectivity index is 2.06. The number of carbonyl (C=O) groups is 1. The second-order valence-corrected chi connectivity index (χ2v) is 5.38. The highest BCUT2D eigenvalue weighted by atomic mass is 32.1. The fourth-order valence-corrected chi connectivity index (χ4v) is 2.66. The van der Waals surface area contributed by atoms with Gasteiger partial charge in [-0.3, -0.25) is 9.69 Å². The van der Waals surface area contributed by atoms with Crippen molar-refractivity contribution >= 4 is 17.3 Å². The van der Waals surface area contributed by atoms with Crippen LogP contribution in [0, 0.1) is 0 Å². The van der Waals surface area contributed by atoms with Crippen LogP contribution in [0.5, 0.6) is 0 Å². The van der Waals surface area contributed by atoms with Gasteiger partial charge in [0, 0.05) is 18.5 Å². The molecule has 0 bridgehead atoms. The van der Waals surface area contributed by atoms with Gasteiger partial charge in [-0.25, -0.2) is 4.98 Å². The van der Waals surface area contributed by atoms with E-state index in [1.807, 2.05) is 48.3 Å². The van der Waals surface area contributed by atoms with Crippen molar-refractivity contribution < 1.29 is 9.53 Å². The molecule has 0 spiro atoms. The number of benzene rings is 1. The van der Waals surface area contributed by atoms with Crippen molar-refractivity contribution in [3.8, 4) is 0 Å². The summed E-state index contributed by atoms with van der Waals surface area (Å²) < 4.78 is 4.92. The van der Waals surface area contributed by atoms with E-state index in [1.165, 1.54) is 7.11 Å². The number of rotatable bonds is 6. The Morgan fingerprint density at radius 2 is 2.15 bits per heavy atom. The molecule has 1 aromatic heterocycles. The zero-order valence-electron chi connectivity index (χ0n) is 11.7. The van der Waals surface area contributed by atoms with Crippen molar-refractivity contribution in [3.05, 3.63) is 52.5 Å². The molecule has 4 nitrogen and oxygen atoms in total. The second kappa shape index (κ2) is 7.17. The van der Waals surface area contributed by atoms with Crippen LogP contribution in [-0.4, -0.2) is 36.6 Å². The number of ether oxygens (including phenoxy) is 1. The van der Waals surface area contributed by atoms with Crippen LogP contribution in [-0.2, 0) is 16.1 Å². The van der Waals surface area contributed by atoms with Gasteiger partial charge < -0.3 is 4.74 Å². The average Bonchev–Trinajstić information content (AvgIpc) is 2.97. The van der Waals surface area contributed by atoms with Gasteiger partial charge in [0.05, 0.1) is 24.2 Å². The third kappa shape index (κ3) is 3.88. The molecule has 1 atom stereocenters. The summed E-state index contributed by atoms with van der Waals surface area (Å²) in [5.74, 6) is -0.480. The van der Waals surface area contributed by atoms with E-state index in [1.54, 1.807) is 11.3 Å². The average molecular weight is 290 g/mol. The molecule has 1 unspecified atom stereocenters. The predicted molar refractivity (Wildman–Crippen MR) is 79.6 cm³/mol. The van der Waals surface area contributed by atoms with Crippen LogP contribution in [0.2, 0.25) is 0 Å². The molecule has 0 N–H and O–H groups in total. The number of aromatic nitrogens is 1. The van der Waals surface area contributed by atoms with Gasteiger partial charge in [-0.15, -0.1) is 11.3 Å². The molecule has 1 heterocycles. The lowest BCUT2D eigenvalue weighted by Gasteiger charge is -2.22. The van der Waals surface area contributed by atoms with Crippen LogP contribution in [0.3, 0.4) is 0 Å². The lowest BCUT2D eigenvalue weighted by Crippen LogP contribution is -2.29. The van der Waals surface area contributed by atoms with Crippen LogP contribution in [0.25, 0.3) is 0 Å². The quantitative estimate of drug-likeness (QED) is 0.767. The van der Waals surface area contributed by atoms with Crippen molar-refractivity contribution in [2.24, 2.45) is 0 Å². The minimum atomic E-state index is -0.273. The Morgan fingerprint density at radius 3 is 2.75 bits per heavy atom. The Hall–Kier alpha value is -1.72. The van der Waals surface area contributed by atoms with E-state index >= 15 is 0 Å². The summed E-state index contributed by atoms with van der Waals surface area (Å²) in [4.78, 5) is 18.3. The lowest BCUT2D eigenvalue weighted by molar-refractivity contribution is -0.142. The number of hydrogen-bond acceptors (Lipinski definition) is 5. The van der Waals surface area contributed by atoms with E-state index in [0.717, 1.165) is 17.8 Å². The van der Waals surface area contributed by atoms with Crippen molar-refractivity contribution in [1.29, 1.82) is 0 Å². The summed E-state index contributed by atoms with van der Waals surface area (Å²) in [6.45, 7) is 1.33. The molecule has 0 radical (unpaired) electrons. The van der Waals surface area contributed by atoms with E-state index in [9.17, 15) is 4.79 Å². The number of hydrogen-bond donors (Lipinski definition) is 0. The van der Waals surface area contributed by atoms with Gasteiger partial charge in [0.2, 0.25) is 0 Å². The minimum absolute atomic E-state index is 0.207. The third-order valence-corrected chi connectivity index (χ3v) is 3.73. The normalized spacial score (nSPS) is 12.3. The number of thiazole rings is 1. The van der Waals surface area contributed by atoms with Crippen molar-refractivity contribution in [2.45, 2.75) is 12.5 Å². The molecular formula is C15H18N2O2S. The first kappa shape index (κ1) is 14.7. The van der Waals surface area contributed by atoms with E-state index < -0.39 is 0 Å². The highest BCUT2D eigenvalue weighted by Crippen LogP contribution is 2.19. The SMILES string of the molecule is COC(=O)C(CN(C)Cc1cscn1)c1ccccc1. The predicted octanol–water partition coefficient (Wildman–Crippen LogP) is 2.53. The van der Waals surface area contributed by atoms with Crippen LogP contribution in [0.15, 0.2) is 41.2 Å². The van der Waals surface area contributed by atoms with Gasteiger partial charge in [-0.05, 0) is 12.6 Å². The highest BCUT2D eigenvalue weighted by Gasteiger charge is 2.23. The molecule has 20 heavy (non-hydrogen) atoms. The monoisotopic (exact) mass is 290 g/mol.